The first-order valence-electron chi connectivity index (χ1n) is 3.51. The SMILES string of the molecule is CS[C@H]1CCCC[C@H]1F. The molecule has 1 saturated carbocycles. The first-order valence-corrected chi connectivity index (χ1v) is 4.80. The van der Waals surface area contributed by atoms with Crippen molar-refractivity contribution in [2.24, 2.45) is 0 Å². The van der Waals surface area contributed by atoms with E-state index >= 15 is 0 Å². The van der Waals surface area contributed by atoms with Crippen LogP contribution in [0.2, 0.25) is 0 Å². The molecule has 2 heteroatoms. The van der Waals surface area contributed by atoms with E-state index < -0.39 is 6.17 Å². The topological polar surface area (TPSA) is 0 Å². The largest absolute Gasteiger partial charge is 0.246 e. The molecule has 1 aliphatic rings. The first kappa shape index (κ1) is 7.39. The molecule has 1 rings (SSSR count). The molecule has 2 atom stereocenters. The van der Waals surface area contributed by atoms with Crippen molar-refractivity contribution < 1.29 is 4.39 Å². The minimum Gasteiger partial charge on any atom is -0.246 e. The lowest BCUT2D eigenvalue weighted by atomic mass is 9.98. The monoisotopic (exact) mass is 148 g/mol. The Labute approximate surface area is 60.2 Å². The van der Waals surface area contributed by atoms with Crippen molar-refractivity contribution in [3.8, 4) is 0 Å². The molecule has 0 radical (unpaired) electrons. The van der Waals surface area contributed by atoms with Gasteiger partial charge in [-0.3, -0.25) is 0 Å². The molecule has 0 bridgehead atoms. The Kier molecular flexibility index (Phi) is 2.83. The average Bonchev–Trinajstić information content (AvgIpc) is 1.89. The number of thioether (sulfide) groups is 1. The second kappa shape index (κ2) is 3.45. The lowest BCUT2D eigenvalue weighted by molar-refractivity contribution is 0.260. The highest BCUT2D eigenvalue weighted by molar-refractivity contribution is 7.99. The zero-order valence-electron chi connectivity index (χ0n) is 5.77. The van der Waals surface area contributed by atoms with Gasteiger partial charge < -0.3 is 0 Å². The second-order valence-corrected chi connectivity index (χ2v) is 3.65. The number of hydrogen-bond acceptors (Lipinski definition) is 1. The molecule has 0 heterocycles. The number of alkyl halides is 1. The molecule has 0 spiro atoms. The van der Waals surface area contributed by atoms with Gasteiger partial charge in [0.15, 0.2) is 0 Å². The summed E-state index contributed by atoms with van der Waals surface area (Å²) in [4.78, 5) is 0. The van der Waals surface area contributed by atoms with Crippen LogP contribution in [0.4, 0.5) is 4.39 Å². The van der Waals surface area contributed by atoms with Gasteiger partial charge in [0.2, 0.25) is 0 Å². The van der Waals surface area contributed by atoms with Crippen LogP contribution in [-0.4, -0.2) is 17.7 Å². The van der Waals surface area contributed by atoms with Crippen LogP contribution >= 0.6 is 11.8 Å². The molecule has 0 aromatic carbocycles. The van der Waals surface area contributed by atoms with Gasteiger partial charge in [-0.1, -0.05) is 12.8 Å². The van der Waals surface area contributed by atoms with Gasteiger partial charge >= 0.3 is 0 Å². The maximum Gasteiger partial charge on any atom is 0.112 e. The summed E-state index contributed by atoms with van der Waals surface area (Å²) in [6.45, 7) is 0. The van der Waals surface area contributed by atoms with Gasteiger partial charge in [0, 0.05) is 5.25 Å². The molecule has 54 valence electrons. The minimum absolute atomic E-state index is 0.304. The van der Waals surface area contributed by atoms with Crippen LogP contribution in [0.1, 0.15) is 25.7 Å². The molecule has 0 unspecified atom stereocenters. The molecule has 0 saturated heterocycles. The van der Waals surface area contributed by atoms with E-state index in [1.807, 2.05) is 6.26 Å². The lowest BCUT2D eigenvalue weighted by Gasteiger charge is -2.23. The summed E-state index contributed by atoms with van der Waals surface area (Å²) in [5.41, 5.74) is 0. The van der Waals surface area contributed by atoms with E-state index in [0.717, 1.165) is 19.3 Å². The lowest BCUT2D eigenvalue weighted by Crippen LogP contribution is -2.22. The summed E-state index contributed by atoms with van der Waals surface area (Å²) in [6, 6.07) is 0. The normalized spacial score (nSPS) is 36.7. The van der Waals surface area contributed by atoms with Crippen LogP contribution in [0.25, 0.3) is 0 Å². The van der Waals surface area contributed by atoms with E-state index in [-0.39, 0.29) is 0 Å². The van der Waals surface area contributed by atoms with Gasteiger partial charge in [-0.05, 0) is 19.1 Å². The Morgan fingerprint density at radius 3 is 2.44 bits per heavy atom. The molecule has 1 aliphatic carbocycles. The number of halogens is 1. The third kappa shape index (κ3) is 1.85. The van der Waals surface area contributed by atoms with Crippen molar-refractivity contribution in [2.45, 2.75) is 37.1 Å². The predicted octanol–water partition coefficient (Wildman–Crippen LogP) is 2.63. The third-order valence-corrected chi connectivity index (χ3v) is 3.06. The van der Waals surface area contributed by atoms with E-state index in [1.54, 1.807) is 11.8 Å². The zero-order valence-corrected chi connectivity index (χ0v) is 6.59. The standard InChI is InChI=1S/C7H13FS/c1-9-7-5-3-2-4-6(7)8/h6-7H,2-5H2,1H3/t6-,7+/m1/s1. The van der Waals surface area contributed by atoms with Crippen molar-refractivity contribution in [2.75, 3.05) is 6.26 Å². The highest BCUT2D eigenvalue weighted by Gasteiger charge is 2.22. The van der Waals surface area contributed by atoms with E-state index in [1.165, 1.54) is 6.42 Å². The fourth-order valence-electron chi connectivity index (χ4n) is 1.32. The molecule has 0 aromatic rings. The van der Waals surface area contributed by atoms with Gasteiger partial charge in [-0.25, -0.2) is 4.39 Å². The van der Waals surface area contributed by atoms with Crippen LogP contribution in [0.3, 0.4) is 0 Å². The highest BCUT2D eigenvalue weighted by atomic mass is 32.2. The van der Waals surface area contributed by atoms with E-state index in [2.05, 4.69) is 0 Å². The Hall–Kier alpha value is 0.280. The van der Waals surface area contributed by atoms with E-state index in [4.69, 9.17) is 0 Å². The summed E-state index contributed by atoms with van der Waals surface area (Å²) in [5.74, 6) is 0. The molecule has 9 heavy (non-hydrogen) atoms. The smallest absolute Gasteiger partial charge is 0.112 e. The zero-order chi connectivity index (χ0) is 6.69. The molecule has 0 aromatic heterocycles. The molecule has 1 fully saturated rings. The average molecular weight is 148 g/mol. The van der Waals surface area contributed by atoms with Crippen LogP contribution in [0, 0.1) is 0 Å². The van der Waals surface area contributed by atoms with Crippen molar-refractivity contribution in [1.29, 1.82) is 0 Å². The number of rotatable bonds is 1. The van der Waals surface area contributed by atoms with Crippen molar-refractivity contribution in [1.82, 2.24) is 0 Å². The molecule has 0 N–H and O–H groups in total. The van der Waals surface area contributed by atoms with Crippen molar-refractivity contribution in [3.63, 3.8) is 0 Å². The summed E-state index contributed by atoms with van der Waals surface area (Å²) >= 11 is 1.68. The van der Waals surface area contributed by atoms with Gasteiger partial charge in [0.05, 0.1) is 0 Å². The molecular weight excluding hydrogens is 135 g/mol. The highest BCUT2D eigenvalue weighted by Crippen LogP contribution is 2.28. The Morgan fingerprint density at radius 2 is 2.00 bits per heavy atom. The third-order valence-electron chi connectivity index (χ3n) is 1.92. The van der Waals surface area contributed by atoms with E-state index in [0.29, 0.717) is 5.25 Å². The summed E-state index contributed by atoms with van der Waals surface area (Å²) in [5, 5.41) is 0.304. The predicted molar refractivity (Wildman–Crippen MR) is 40.7 cm³/mol. The van der Waals surface area contributed by atoms with Gasteiger partial charge in [-0.2, -0.15) is 11.8 Å². The van der Waals surface area contributed by atoms with Crippen molar-refractivity contribution >= 4 is 11.8 Å². The summed E-state index contributed by atoms with van der Waals surface area (Å²) < 4.78 is 12.8. The molecule has 0 amide bonds. The maximum absolute atomic E-state index is 12.8. The van der Waals surface area contributed by atoms with Crippen LogP contribution < -0.4 is 0 Å². The first-order chi connectivity index (χ1) is 4.34. The Morgan fingerprint density at radius 1 is 1.33 bits per heavy atom. The Balaban J connectivity index is 2.30. The fourth-order valence-corrected chi connectivity index (χ4v) is 2.15. The van der Waals surface area contributed by atoms with Crippen LogP contribution in [0.5, 0.6) is 0 Å². The van der Waals surface area contributed by atoms with Crippen LogP contribution in [0.15, 0.2) is 0 Å². The minimum atomic E-state index is -0.520. The Bertz CT molecular complexity index is 85.0. The van der Waals surface area contributed by atoms with Gasteiger partial charge in [0.1, 0.15) is 6.17 Å². The van der Waals surface area contributed by atoms with Gasteiger partial charge in [-0.15, -0.1) is 0 Å². The van der Waals surface area contributed by atoms with Crippen LogP contribution in [-0.2, 0) is 0 Å². The summed E-state index contributed by atoms with van der Waals surface area (Å²) in [7, 11) is 0. The van der Waals surface area contributed by atoms with Gasteiger partial charge in [0.25, 0.3) is 0 Å². The fraction of sp³-hybridized carbons (Fsp3) is 1.00. The van der Waals surface area contributed by atoms with Crippen molar-refractivity contribution in [3.05, 3.63) is 0 Å². The quantitative estimate of drug-likeness (QED) is 0.551. The second-order valence-electron chi connectivity index (χ2n) is 2.57. The molecular formula is C7H13FS. The maximum atomic E-state index is 12.8. The molecule has 0 aliphatic heterocycles. The van der Waals surface area contributed by atoms with E-state index in [9.17, 15) is 4.39 Å². The number of hydrogen-bond donors (Lipinski definition) is 0. The summed E-state index contributed by atoms with van der Waals surface area (Å²) in [6.07, 6.45) is 5.69. The molecule has 0 nitrogen and oxygen atoms in total.